The molecule has 1 heterocycles. The molecule has 8 rings (SSSR count). The van der Waals surface area contributed by atoms with Gasteiger partial charge in [-0.15, -0.1) is 0 Å². The average molecular weight is 550 g/mol. The smallest absolute Gasteiger partial charge is 0.0620 e. The van der Waals surface area contributed by atoms with Gasteiger partial charge in [-0.1, -0.05) is 127 Å². The molecule has 0 saturated heterocycles. The van der Waals surface area contributed by atoms with Crippen LogP contribution < -0.4 is 0 Å². The van der Waals surface area contributed by atoms with Crippen LogP contribution in [0.2, 0.25) is 0 Å². The van der Waals surface area contributed by atoms with E-state index in [1.54, 1.807) is 0 Å². The SMILES string of the molecule is C1=CCCC(c2cc(-c3ccccc3)cc3c4cc(-c5ccccc5)cc(-c5ccccc5)c4n(-c4ccccc4)c23)=C1. The summed E-state index contributed by atoms with van der Waals surface area (Å²) < 4.78 is 2.52. The van der Waals surface area contributed by atoms with E-state index in [0.29, 0.717) is 0 Å². The van der Waals surface area contributed by atoms with Crippen molar-refractivity contribution in [1.82, 2.24) is 4.57 Å². The molecule has 43 heavy (non-hydrogen) atoms. The topological polar surface area (TPSA) is 4.93 Å². The zero-order chi connectivity index (χ0) is 28.6. The Labute approximate surface area is 252 Å². The number of hydrogen-bond donors (Lipinski definition) is 0. The van der Waals surface area contributed by atoms with Gasteiger partial charge in [-0.3, -0.25) is 0 Å². The lowest BCUT2D eigenvalue weighted by Crippen LogP contribution is -1.99. The van der Waals surface area contributed by atoms with Crippen LogP contribution in [0, 0.1) is 0 Å². The third-order valence-corrected chi connectivity index (χ3v) is 8.63. The molecule has 0 fully saturated rings. The number of aromatic nitrogens is 1. The third-order valence-electron chi connectivity index (χ3n) is 8.63. The molecule has 1 aromatic heterocycles. The summed E-state index contributed by atoms with van der Waals surface area (Å²) in [6.07, 6.45) is 8.89. The van der Waals surface area contributed by atoms with E-state index in [9.17, 15) is 0 Å². The van der Waals surface area contributed by atoms with Crippen molar-refractivity contribution in [2.45, 2.75) is 12.8 Å². The predicted molar refractivity (Wildman–Crippen MR) is 183 cm³/mol. The normalized spacial score (nSPS) is 13.0. The van der Waals surface area contributed by atoms with E-state index < -0.39 is 0 Å². The Morgan fingerprint density at radius 3 is 1.47 bits per heavy atom. The minimum Gasteiger partial charge on any atom is -0.308 e. The lowest BCUT2D eigenvalue weighted by molar-refractivity contribution is 1.05. The highest BCUT2D eigenvalue weighted by Gasteiger charge is 2.23. The third kappa shape index (κ3) is 4.51. The van der Waals surface area contributed by atoms with E-state index >= 15 is 0 Å². The van der Waals surface area contributed by atoms with Gasteiger partial charge in [0.05, 0.1) is 11.0 Å². The fourth-order valence-electron chi connectivity index (χ4n) is 6.61. The summed E-state index contributed by atoms with van der Waals surface area (Å²) >= 11 is 0. The fraction of sp³-hybridized carbons (Fsp3) is 0.0476. The Bertz CT molecular complexity index is 2130. The summed E-state index contributed by atoms with van der Waals surface area (Å²) in [5.41, 5.74) is 13.8. The van der Waals surface area contributed by atoms with Gasteiger partial charge in [0.15, 0.2) is 0 Å². The van der Waals surface area contributed by atoms with Crippen LogP contribution in [0.5, 0.6) is 0 Å². The number of nitrogens with zero attached hydrogens (tertiary/aromatic N) is 1. The zero-order valence-electron chi connectivity index (χ0n) is 23.9. The molecule has 204 valence electrons. The van der Waals surface area contributed by atoms with Gasteiger partial charge in [-0.2, -0.15) is 0 Å². The van der Waals surface area contributed by atoms with Crippen LogP contribution in [0.25, 0.3) is 66.4 Å². The van der Waals surface area contributed by atoms with Crippen LogP contribution in [-0.4, -0.2) is 4.57 Å². The predicted octanol–water partition coefficient (Wildman–Crippen LogP) is 11.5. The first-order valence-electron chi connectivity index (χ1n) is 15.1. The molecule has 7 aromatic rings. The summed E-state index contributed by atoms with van der Waals surface area (Å²) in [5.74, 6) is 0. The molecular weight excluding hydrogens is 518 g/mol. The maximum Gasteiger partial charge on any atom is 0.0620 e. The number of rotatable bonds is 5. The van der Waals surface area contributed by atoms with Crippen molar-refractivity contribution in [3.05, 3.63) is 169 Å². The van der Waals surface area contributed by atoms with Crippen LogP contribution in [-0.2, 0) is 0 Å². The lowest BCUT2D eigenvalue weighted by Gasteiger charge is -2.17. The van der Waals surface area contributed by atoms with Crippen molar-refractivity contribution in [2.75, 3.05) is 0 Å². The quantitative estimate of drug-likeness (QED) is 0.201. The molecule has 0 aliphatic heterocycles. The maximum atomic E-state index is 2.52. The maximum absolute atomic E-state index is 2.52. The number of benzene rings is 6. The highest BCUT2D eigenvalue weighted by atomic mass is 15.0. The summed E-state index contributed by atoms with van der Waals surface area (Å²) in [7, 11) is 0. The van der Waals surface area contributed by atoms with E-state index in [2.05, 4.69) is 168 Å². The number of fused-ring (bicyclic) bond motifs is 3. The van der Waals surface area contributed by atoms with Gasteiger partial charge in [0.25, 0.3) is 0 Å². The molecule has 0 atom stereocenters. The van der Waals surface area contributed by atoms with E-state index in [1.807, 2.05) is 0 Å². The Hall–Kier alpha value is -5.40. The van der Waals surface area contributed by atoms with Gasteiger partial charge in [-0.05, 0) is 82.6 Å². The summed E-state index contributed by atoms with van der Waals surface area (Å²) in [4.78, 5) is 0. The summed E-state index contributed by atoms with van der Waals surface area (Å²) in [6.45, 7) is 0. The van der Waals surface area contributed by atoms with Crippen LogP contribution in [0.15, 0.2) is 164 Å². The monoisotopic (exact) mass is 549 g/mol. The molecule has 0 radical (unpaired) electrons. The van der Waals surface area contributed by atoms with Crippen molar-refractivity contribution in [3.63, 3.8) is 0 Å². The van der Waals surface area contributed by atoms with Gasteiger partial charge < -0.3 is 4.57 Å². The minimum absolute atomic E-state index is 1.03. The molecule has 0 N–H and O–H groups in total. The molecule has 0 saturated carbocycles. The largest absolute Gasteiger partial charge is 0.308 e. The van der Waals surface area contributed by atoms with Crippen molar-refractivity contribution in [1.29, 1.82) is 0 Å². The van der Waals surface area contributed by atoms with Crippen molar-refractivity contribution >= 4 is 27.4 Å². The summed E-state index contributed by atoms with van der Waals surface area (Å²) in [5, 5.41) is 2.55. The highest BCUT2D eigenvalue weighted by Crippen LogP contribution is 2.45. The van der Waals surface area contributed by atoms with Gasteiger partial charge in [0.2, 0.25) is 0 Å². The van der Waals surface area contributed by atoms with Crippen LogP contribution in [0.3, 0.4) is 0 Å². The Morgan fingerprint density at radius 1 is 0.442 bits per heavy atom. The van der Waals surface area contributed by atoms with Crippen LogP contribution >= 0.6 is 0 Å². The fourth-order valence-corrected chi connectivity index (χ4v) is 6.61. The van der Waals surface area contributed by atoms with E-state index in [0.717, 1.165) is 12.8 Å². The van der Waals surface area contributed by atoms with Crippen LogP contribution in [0.1, 0.15) is 18.4 Å². The summed E-state index contributed by atoms with van der Waals surface area (Å²) in [6, 6.07) is 52.9. The Kier molecular flexibility index (Phi) is 6.35. The number of para-hydroxylation sites is 1. The number of hydrogen-bond acceptors (Lipinski definition) is 0. The second kappa shape index (κ2) is 10.8. The molecule has 0 bridgehead atoms. The number of allylic oxidation sites excluding steroid dienone is 4. The second-order valence-electron chi connectivity index (χ2n) is 11.3. The Morgan fingerprint density at radius 2 is 0.930 bits per heavy atom. The standard InChI is InChI=1S/C42H31N/c1-6-16-30(17-7-1)34-26-37(32-20-10-3-11-21-32)41-39(28-34)40-29-35(31-18-8-2-9-19-31)27-38(33-22-12-4-13-23-33)42(40)43(41)36-24-14-5-15-25-36/h1-12,14-22,24-29H,13,23H2. The van der Waals surface area contributed by atoms with Gasteiger partial charge >= 0.3 is 0 Å². The molecule has 0 unspecified atom stereocenters. The average Bonchev–Trinajstić information content (AvgIpc) is 3.44. The molecule has 1 nitrogen and oxygen atoms in total. The molecule has 0 amide bonds. The zero-order valence-corrected chi connectivity index (χ0v) is 23.9. The van der Waals surface area contributed by atoms with Crippen LogP contribution in [0.4, 0.5) is 0 Å². The van der Waals surface area contributed by atoms with E-state index in [-0.39, 0.29) is 0 Å². The molecule has 6 aromatic carbocycles. The molecule has 1 aliphatic rings. The first-order valence-corrected chi connectivity index (χ1v) is 15.1. The Balaban J connectivity index is 1.59. The first kappa shape index (κ1) is 25.3. The minimum atomic E-state index is 1.03. The van der Waals surface area contributed by atoms with Crippen molar-refractivity contribution in [2.24, 2.45) is 0 Å². The molecule has 1 heteroatoms. The van der Waals surface area contributed by atoms with E-state index in [4.69, 9.17) is 0 Å². The highest BCUT2D eigenvalue weighted by molar-refractivity contribution is 6.18. The molecule has 0 spiro atoms. The molecule has 1 aliphatic carbocycles. The molecular formula is C42H31N. The lowest BCUT2D eigenvalue weighted by atomic mass is 9.91. The van der Waals surface area contributed by atoms with Crippen molar-refractivity contribution < 1.29 is 0 Å². The first-order chi connectivity index (χ1) is 21.3. The van der Waals surface area contributed by atoms with Crippen molar-refractivity contribution in [3.8, 4) is 39.1 Å². The van der Waals surface area contributed by atoms with Gasteiger partial charge in [0.1, 0.15) is 0 Å². The van der Waals surface area contributed by atoms with Gasteiger partial charge in [0, 0.05) is 27.6 Å². The van der Waals surface area contributed by atoms with Gasteiger partial charge in [-0.25, -0.2) is 0 Å². The van der Waals surface area contributed by atoms with E-state index in [1.165, 1.54) is 72.0 Å². The second-order valence-corrected chi connectivity index (χ2v) is 11.3.